The number of aromatic nitrogens is 4. The molecule has 1 atom stereocenters. The lowest BCUT2D eigenvalue weighted by atomic mass is 10.2. The van der Waals surface area contributed by atoms with Crippen molar-refractivity contribution in [2.45, 2.75) is 32.2 Å². The molecule has 2 aromatic heterocycles. The number of rotatable bonds is 4. The number of aryl methyl sites for hydroxylation is 3. The molecule has 3 heterocycles. The molecule has 1 saturated heterocycles. The van der Waals surface area contributed by atoms with Crippen LogP contribution in [-0.2, 0) is 19.9 Å². The highest BCUT2D eigenvalue weighted by atomic mass is 35.5. The number of fused-ring (bicyclic) bond motifs is 1. The predicted molar refractivity (Wildman–Crippen MR) is 81.3 cm³/mol. The molecule has 104 valence electrons. The zero-order chi connectivity index (χ0) is 13.4. The fraction of sp³-hybridized carbons (Fsp3) is 0.692. The van der Waals surface area contributed by atoms with Crippen molar-refractivity contribution >= 4 is 34.5 Å². The van der Waals surface area contributed by atoms with Gasteiger partial charge in [0.05, 0.1) is 5.69 Å². The molecule has 6 heteroatoms. The van der Waals surface area contributed by atoms with Gasteiger partial charge in [0, 0.05) is 31.1 Å². The number of hydrogen-bond donors (Lipinski definition) is 0. The smallest absolute Gasteiger partial charge is 0.158 e. The Morgan fingerprint density at radius 2 is 2.32 bits per heavy atom. The summed E-state index contributed by atoms with van der Waals surface area (Å²) in [7, 11) is 2.02. The molecule has 0 aromatic carbocycles. The summed E-state index contributed by atoms with van der Waals surface area (Å²) >= 11 is 7.96. The zero-order valence-corrected chi connectivity index (χ0v) is 13.0. The Bertz CT molecular complexity index is 583. The van der Waals surface area contributed by atoms with Gasteiger partial charge in [-0.25, -0.2) is 4.98 Å². The molecule has 0 spiro atoms. The number of thioether (sulfide) groups is 1. The summed E-state index contributed by atoms with van der Waals surface area (Å²) in [5, 5.41) is 4.60. The van der Waals surface area contributed by atoms with Gasteiger partial charge in [-0.2, -0.15) is 16.9 Å². The summed E-state index contributed by atoms with van der Waals surface area (Å²) in [6, 6.07) is 0.549. The molecule has 0 aliphatic carbocycles. The highest BCUT2D eigenvalue weighted by molar-refractivity contribution is 7.99. The highest BCUT2D eigenvalue weighted by Crippen LogP contribution is 2.33. The standard InChI is InChI=1S/C13H19ClN4S/c1-3-10-12-13(17(2)16-10)18(9-5-7-19-8-9)11(15-12)4-6-14/h9H,3-8H2,1-2H3. The molecule has 0 N–H and O–H groups in total. The van der Waals surface area contributed by atoms with Crippen LogP contribution in [0.2, 0.25) is 0 Å². The molecule has 1 fully saturated rings. The Kier molecular flexibility index (Phi) is 3.76. The van der Waals surface area contributed by atoms with E-state index in [2.05, 4.69) is 16.6 Å². The lowest BCUT2D eigenvalue weighted by Gasteiger charge is -2.15. The molecule has 2 aromatic rings. The van der Waals surface area contributed by atoms with E-state index < -0.39 is 0 Å². The second kappa shape index (κ2) is 5.37. The molecule has 4 nitrogen and oxygen atoms in total. The van der Waals surface area contributed by atoms with Crippen LogP contribution in [0.3, 0.4) is 0 Å². The van der Waals surface area contributed by atoms with Gasteiger partial charge in [-0.1, -0.05) is 6.92 Å². The van der Waals surface area contributed by atoms with Gasteiger partial charge in [-0.05, 0) is 18.6 Å². The average molecular weight is 299 g/mol. The molecule has 19 heavy (non-hydrogen) atoms. The maximum absolute atomic E-state index is 5.94. The van der Waals surface area contributed by atoms with Gasteiger partial charge < -0.3 is 4.57 Å². The quantitative estimate of drug-likeness (QED) is 0.814. The van der Waals surface area contributed by atoms with E-state index in [1.807, 2.05) is 23.5 Å². The second-order valence-corrected chi connectivity index (χ2v) is 6.48. The monoisotopic (exact) mass is 298 g/mol. The van der Waals surface area contributed by atoms with E-state index >= 15 is 0 Å². The molecular formula is C13H19ClN4S. The molecule has 0 amide bonds. The molecule has 1 unspecified atom stereocenters. The first-order chi connectivity index (χ1) is 9.26. The maximum Gasteiger partial charge on any atom is 0.158 e. The van der Waals surface area contributed by atoms with E-state index in [-0.39, 0.29) is 0 Å². The average Bonchev–Trinajstić information content (AvgIpc) is 3.07. The summed E-state index contributed by atoms with van der Waals surface area (Å²) in [5.41, 5.74) is 3.34. The van der Waals surface area contributed by atoms with E-state index in [4.69, 9.17) is 16.6 Å². The summed E-state index contributed by atoms with van der Waals surface area (Å²) < 4.78 is 4.38. The topological polar surface area (TPSA) is 35.6 Å². The second-order valence-electron chi connectivity index (χ2n) is 4.95. The van der Waals surface area contributed by atoms with Crippen LogP contribution in [0.15, 0.2) is 0 Å². The Morgan fingerprint density at radius 1 is 1.47 bits per heavy atom. The van der Waals surface area contributed by atoms with Crippen molar-refractivity contribution in [2.75, 3.05) is 17.4 Å². The van der Waals surface area contributed by atoms with Gasteiger partial charge in [-0.15, -0.1) is 11.6 Å². The van der Waals surface area contributed by atoms with Crippen LogP contribution in [0.4, 0.5) is 0 Å². The maximum atomic E-state index is 5.94. The first-order valence-electron chi connectivity index (χ1n) is 6.82. The number of imidazole rings is 1. The van der Waals surface area contributed by atoms with Crippen LogP contribution in [0.25, 0.3) is 11.2 Å². The normalized spacial score (nSPS) is 19.6. The minimum absolute atomic E-state index is 0.549. The van der Waals surface area contributed by atoms with Gasteiger partial charge in [0.1, 0.15) is 11.3 Å². The van der Waals surface area contributed by atoms with Gasteiger partial charge in [0.2, 0.25) is 0 Å². The minimum Gasteiger partial charge on any atom is -0.309 e. The molecule has 3 rings (SSSR count). The van der Waals surface area contributed by atoms with Crippen LogP contribution < -0.4 is 0 Å². The molecule has 0 bridgehead atoms. The Morgan fingerprint density at radius 3 is 2.95 bits per heavy atom. The lowest BCUT2D eigenvalue weighted by Crippen LogP contribution is -2.14. The number of nitrogens with zero attached hydrogens (tertiary/aromatic N) is 4. The third-order valence-electron chi connectivity index (χ3n) is 3.73. The SMILES string of the molecule is CCc1nn(C)c2c1nc(CCCl)n2C1CCSC1. The summed E-state index contributed by atoms with van der Waals surface area (Å²) in [4.78, 5) is 4.82. The third-order valence-corrected chi connectivity index (χ3v) is 5.07. The zero-order valence-electron chi connectivity index (χ0n) is 11.4. The van der Waals surface area contributed by atoms with Crippen molar-refractivity contribution in [3.8, 4) is 0 Å². The fourth-order valence-electron chi connectivity index (χ4n) is 2.86. The van der Waals surface area contributed by atoms with E-state index in [0.717, 1.165) is 29.9 Å². The molecule has 1 aliphatic heterocycles. The molecule has 1 aliphatic rings. The van der Waals surface area contributed by atoms with Crippen molar-refractivity contribution in [2.24, 2.45) is 7.05 Å². The molecule has 0 saturated carbocycles. The van der Waals surface area contributed by atoms with Crippen LogP contribution in [0, 0.1) is 0 Å². The van der Waals surface area contributed by atoms with Gasteiger partial charge in [0.15, 0.2) is 5.65 Å². The van der Waals surface area contributed by atoms with E-state index in [0.29, 0.717) is 11.9 Å². The van der Waals surface area contributed by atoms with Gasteiger partial charge in [0.25, 0.3) is 0 Å². The Hall–Kier alpha value is -0.680. The van der Waals surface area contributed by atoms with E-state index in [1.165, 1.54) is 23.6 Å². The highest BCUT2D eigenvalue weighted by Gasteiger charge is 2.26. The summed E-state index contributed by atoms with van der Waals surface area (Å²) in [6.07, 6.45) is 2.98. The molecular weight excluding hydrogens is 280 g/mol. The fourth-order valence-corrected chi connectivity index (χ4v) is 4.22. The van der Waals surface area contributed by atoms with Crippen LogP contribution >= 0.6 is 23.4 Å². The Balaban J connectivity index is 2.19. The predicted octanol–water partition coefficient (Wildman–Crippen LogP) is 2.79. The minimum atomic E-state index is 0.549. The number of hydrogen-bond acceptors (Lipinski definition) is 3. The first-order valence-corrected chi connectivity index (χ1v) is 8.51. The summed E-state index contributed by atoms with van der Waals surface area (Å²) in [5.74, 6) is 4.16. The first kappa shape index (κ1) is 13.3. The van der Waals surface area contributed by atoms with Crippen molar-refractivity contribution in [1.29, 1.82) is 0 Å². The van der Waals surface area contributed by atoms with Crippen LogP contribution in [0.5, 0.6) is 0 Å². The largest absolute Gasteiger partial charge is 0.309 e. The van der Waals surface area contributed by atoms with Crippen LogP contribution in [-0.4, -0.2) is 36.7 Å². The van der Waals surface area contributed by atoms with Gasteiger partial charge in [-0.3, -0.25) is 4.68 Å². The number of halogens is 1. The third kappa shape index (κ3) is 2.17. The Labute approximate surface area is 122 Å². The van der Waals surface area contributed by atoms with E-state index in [1.54, 1.807) is 0 Å². The van der Waals surface area contributed by atoms with Crippen molar-refractivity contribution < 1.29 is 0 Å². The summed E-state index contributed by atoms with van der Waals surface area (Å²) in [6.45, 7) is 2.13. The van der Waals surface area contributed by atoms with Crippen molar-refractivity contribution in [1.82, 2.24) is 19.3 Å². The van der Waals surface area contributed by atoms with E-state index in [9.17, 15) is 0 Å². The van der Waals surface area contributed by atoms with Gasteiger partial charge >= 0.3 is 0 Å². The van der Waals surface area contributed by atoms with Crippen LogP contribution in [0.1, 0.15) is 30.9 Å². The van der Waals surface area contributed by atoms with Crippen molar-refractivity contribution in [3.63, 3.8) is 0 Å². The number of alkyl halides is 1. The lowest BCUT2D eigenvalue weighted by molar-refractivity contribution is 0.537. The van der Waals surface area contributed by atoms with Crippen molar-refractivity contribution in [3.05, 3.63) is 11.5 Å². The molecule has 0 radical (unpaired) electrons.